The SMILES string of the molecule is CCO[C@@H]1CCCN([C@H](C)C(=O)N2CCCCCC2)C1. The van der Waals surface area contributed by atoms with Gasteiger partial charge in [0.15, 0.2) is 0 Å². The largest absolute Gasteiger partial charge is 0.377 e. The highest BCUT2D eigenvalue weighted by atomic mass is 16.5. The minimum absolute atomic E-state index is 0.0105. The lowest BCUT2D eigenvalue weighted by atomic mass is 10.1. The molecule has 4 nitrogen and oxygen atoms in total. The quantitative estimate of drug-likeness (QED) is 0.793. The summed E-state index contributed by atoms with van der Waals surface area (Å²) in [5.41, 5.74) is 0. The van der Waals surface area contributed by atoms with E-state index in [1.165, 1.54) is 25.7 Å². The van der Waals surface area contributed by atoms with E-state index in [0.29, 0.717) is 12.0 Å². The predicted molar refractivity (Wildman–Crippen MR) is 80.7 cm³/mol. The molecule has 0 aromatic rings. The molecule has 0 saturated carbocycles. The zero-order valence-corrected chi connectivity index (χ0v) is 13.1. The Morgan fingerprint density at radius 1 is 1.15 bits per heavy atom. The van der Waals surface area contributed by atoms with Gasteiger partial charge in [-0.2, -0.15) is 0 Å². The summed E-state index contributed by atoms with van der Waals surface area (Å²) in [7, 11) is 0. The van der Waals surface area contributed by atoms with Gasteiger partial charge in [0.2, 0.25) is 5.91 Å². The smallest absolute Gasteiger partial charge is 0.239 e. The third kappa shape index (κ3) is 4.19. The summed E-state index contributed by atoms with van der Waals surface area (Å²) < 4.78 is 5.74. The van der Waals surface area contributed by atoms with Gasteiger partial charge in [0.05, 0.1) is 12.1 Å². The Kier molecular flexibility index (Phi) is 6.30. The molecule has 0 bridgehead atoms. The van der Waals surface area contributed by atoms with Crippen LogP contribution in [-0.4, -0.2) is 60.6 Å². The van der Waals surface area contributed by atoms with E-state index in [-0.39, 0.29) is 6.04 Å². The normalized spacial score (nSPS) is 27.1. The summed E-state index contributed by atoms with van der Waals surface area (Å²) >= 11 is 0. The van der Waals surface area contributed by atoms with Crippen molar-refractivity contribution >= 4 is 5.91 Å². The molecule has 2 aliphatic heterocycles. The van der Waals surface area contributed by atoms with Gasteiger partial charge in [0.1, 0.15) is 0 Å². The van der Waals surface area contributed by atoms with Gasteiger partial charge in [-0.05, 0) is 46.1 Å². The van der Waals surface area contributed by atoms with E-state index < -0.39 is 0 Å². The lowest BCUT2D eigenvalue weighted by molar-refractivity contribution is -0.137. The maximum atomic E-state index is 12.7. The molecule has 1 amide bonds. The van der Waals surface area contributed by atoms with Crippen LogP contribution in [0.25, 0.3) is 0 Å². The molecule has 2 heterocycles. The van der Waals surface area contributed by atoms with E-state index in [1.54, 1.807) is 0 Å². The first kappa shape index (κ1) is 15.8. The summed E-state index contributed by atoms with van der Waals surface area (Å²) in [5, 5.41) is 0. The van der Waals surface area contributed by atoms with Crippen LogP contribution in [0.5, 0.6) is 0 Å². The Labute approximate surface area is 123 Å². The summed E-state index contributed by atoms with van der Waals surface area (Å²) in [6, 6.07) is 0.0105. The number of ether oxygens (including phenoxy) is 1. The van der Waals surface area contributed by atoms with Gasteiger partial charge >= 0.3 is 0 Å². The van der Waals surface area contributed by atoms with Crippen molar-refractivity contribution in [1.29, 1.82) is 0 Å². The Morgan fingerprint density at radius 3 is 2.50 bits per heavy atom. The standard InChI is InChI=1S/C16H30N2O2/c1-3-20-15-9-8-12-18(13-15)14(2)16(19)17-10-6-4-5-7-11-17/h14-15H,3-13H2,1-2H3/t14-,15-/m1/s1. The summed E-state index contributed by atoms with van der Waals surface area (Å²) in [6.07, 6.45) is 7.47. The molecule has 2 aliphatic rings. The molecule has 116 valence electrons. The zero-order valence-electron chi connectivity index (χ0n) is 13.1. The molecular weight excluding hydrogens is 252 g/mol. The first-order valence-electron chi connectivity index (χ1n) is 8.36. The third-order valence-corrected chi connectivity index (χ3v) is 4.63. The fourth-order valence-corrected chi connectivity index (χ4v) is 3.40. The average Bonchev–Trinajstić information content (AvgIpc) is 2.75. The number of carbonyl (C=O) groups is 1. The van der Waals surface area contributed by atoms with Gasteiger partial charge in [-0.25, -0.2) is 0 Å². The maximum absolute atomic E-state index is 12.7. The van der Waals surface area contributed by atoms with Crippen molar-refractivity contribution in [2.24, 2.45) is 0 Å². The van der Waals surface area contributed by atoms with Gasteiger partial charge in [-0.15, -0.1) is 0 Å². The number of hydrogen-bond donors (Lipinski definition) is 0. The average molecular weight is 282 g/mol. The molecule has 0 aromatic carbocycles. The second kappa shape index (κ2) is 7.99. The highest BCUT2D eigenvalue weighted by Gasteiger charge is 2.30. The maximum Gasteiger partial charge on any atom is 0.239 e. The molecule has 4 heteroatoms. The summed E-state index contributed by atoms with van der Waals surface area (Å²) in [4.78, 5) is 17.1. The zero-order chi connectivity index (χ0) is 14.4. The molecule has 0 spiro atoms. The van der Waals surface area contributed by atoms with E-state index >= 15 is 0 Å². The number of hydrogen-bond acceptors (Lipinski definition) is 3. The van der Waals surface area contributed by atoms with Gasteiger partial charge in [0, 0.05) is 26.2 Å². The van der Waals surface area contributed by atoms with Crippen molar-refractivity contribution in [1.82, 2.24) is 9.80 Å². The number of amides is 1. The summed E-state index contributed by atoms with van der Waals surface area (Å²) in [5.74, 6) is 0.323. The van der Waals surface area contributed by atoms with Crippen LogP contribution in [0, 0.1) is 0 Å². The van der Waals surface area contributed by atoms with Crippen molar-refractivity contribution in [3.63, 3.8) is 0 Å². The number of rotatable bonds is 4. The lowest BCUT2D eigenvalue weighted by Gasteiger charge is -2.37. The highest BCUT2D eigenvalue weighted by Crippen LogP contribution is 2.18. The van der Waals surface area contributed by atoms with Crippen molar-refractivity contribution in [3.8, 4) is 0 Å². The van der Waals surface area contributed by atoms with E-state index in [4.69, 9.17) is 4.74 Å². The number of likely N-dealkylation sites (tertiary alicyclic amines) is 2. The van der Waals surface area contributed by atoms with Crippen molar-refractivity contribution in [3.05, 3.63) is 0 Å². The highest BCUT2D eigenvalue weighted by molar-refractivity contribution is 5.81. The Hall–Kier alpha value is -0.610. The van der Waals surface area contributed by atoms with Crippen molar-refractivity contribution in [2.75, 3.05) is 32.8 Å². The van der Waals surface area contributed by atoms with Gasteiger partial charge in [0.25, 0.3) is 0 Å². The molecule has 2 rings (SSSR count). The monoisotopic (exact) mass is 282 g/mol. The van der Waals surface area contributed by atoms with E-state index in [2.05, 4.69) is 16.7 Å². The van der Waals surface area contributed by atoms with Crippen LogP contribution in [0.3, 0.4) is 0 Å². The molecule has 2 saturated heterocycles. The van der Waals surface area contributed by atoms with E-state index in [0.717, 1.165) is 45.6 Å². The Bertz CT molecular complexity index is 299. The van der Waals surface area contributed by atoms with Crippen LogP contribution in [0.4, 0.5) is 0 Å². The first-order valence-corrected chi connectivity index (χ1v) is 8.36. The third-order valence-electron chi connectivity index (χ3n) is 4.63. The molecule has 0 radical (unpaired) electrons. The Morgan fingerprint density at radius 2 is 1.85 bits per heavy atom. The number of nitrogens with zero attached hydrogens (tertiary/aromatic N) is 2. The van der Waals surface area contributed by atoms with Crippen LogP contribution in [0.2, 0.25) is 0 Å². The molecule has 0 aliphatic carbocycles. The second-order valence-electron chi connectivity index (χ2n) is 6.13. The van der Waals surface area contributed by atoms with Crippen LogP contribution >= 0.6 is 0 Å². The van der Waals surface area contributed by atoms with Crippen LogP contribution < -0.4 is 0 Å². The lowest BCUT2D eigenvalue weighted by Crippen LogP contribution is -2.52. The topological polar surface area (TPSA) is 32.8 Å². The van der Waals surface area contributed by atoms with Gasteiger partial charge < -0.3 is 9.64 Å². The second-order valence-corrected chi connectivity index (χ2v) is 6.13. The molecule has 20 heavy (non-hydrogen) atoms. The molecule has 2 atom stereocenters. The summed E-state index contributed by atoms with van der Waals surface area (Å²) in [6.45, 7) is 8.73. The van der Waals surface area contributed by atoms with Crippen LogP contribution in [0.1, 0.15) is 52.4 Å². The fraction of sp³-hybridized carbons (Fsp3) is 0.938. The molecule has 0 unspecified atom stereocenters. The van der Waals surface area contributed by atoms with Crippen molar-refractivity contribution in [2.45, 2.75) is 64.5 Å². The minimum Gasteiger partial charge on any atom is -0.377 e. The number of piperidine rings is 1. The number of carbonyl (C=O) groups excluding carboxylic acids is 1. The minimum atomic E-state index is 0.0105. The van der Waals surface area contributed by atoms with Crippen molar-refractivity contribution < 1.29 is 9.53 Å². The van der Waals surface area contributed by atoms with E-state index in [9.17, 15) is 4.79 Å². The molecule has 2 fully saturated rings. The molecular formula is C16H30N2O2. The first-order chi connectivity index (χ1) is 9.72. The Balaban J connectivity index is 1.88. The molecule has 0 N–H and O–H groups in total. The van der Waals surface area contributed by atoms with Gasteiger partial charge in [-0.1, -0.05) is 12.8 Å². The van der Waals surface area contributed by atoms with Gasteiger partial charge in [-0.3, -0.25) is 9.69 Å². The fourth-order valence-electron chi connectivity index (χ4n) is 3.40. The van der Waals surface area contributed by atoms with Crippen LogP contribution in [0.15, 0.2) is 0 Å². The van der Waals surface area contributed by atoms with Crippen LogP contribution in [-0.2, 0) is 9.53 Å². The predicted octanol–water partition coefficient (Wildman–Crippen LogP) is 2.28. The molecule has 0 aromatic heterocycles. The van der Waals surface area contributed by atoms with E-state index in [1.807, 2.05) is 6.92 Å².